The smallest absolute Gasteiger partial charge is 0.323 e. The molecule has 4 aromatic rings. The molecule has 3 aromatic carbocycles. The quantitative estimate of drug-likeness (QED) is 0.416. The van der Waals surface area contributed by atoms with Gasteiger partial charge in [-0.1, -0.05) is 29.4 Å². The highest BCUT2D eigenvalue weighted by Gasteiger charge is 2.16. The Morgan fingerprint density at radius 1 is 0.759 bits per heavy atom. The summed E-state index contributed by atoms with van der Waals surface area (Å²) < 4.78 is 5.08. The number of anilines is 4. The summed E-state index contributed by atoms with van der Waals surface area (Å²) in [5, 5.41) is 12.4. The van der Waals surface area contributed by atoms with Crippen LogP contribution in [0.4, 0.5) is 27.7 Å². The maximum Gasteiger partial charge on any atom is 0.323 e. The Balaban J connectivity index is 1.42. The Kier molecular flexibility index (Phi) is 4.81. The summed E-state index contributed by atoms with van der Waals surface area (Å²) in [6.07, 6.45) is 0. The fourth-order valence-electron chi connectivity index (χ4n) is 2.85. The fourth-order valence-corrected chi connectivity index (χ4v) is 2.85. The van der Waals surface area contributed by atoms with Gasteiger partial charge in [0, 0.05) is 17.1 Å². The lowest BCUT2D eigenvalue weighted by molar-refractivity contribution is 0.102. The third-order valence-corrected chi connectivity index (χ3v) is 4.20. The molecule has 1 aromatic heterocycles. The summed E-state index contributed by atoms with van der Waals surface area (Å²) in [6.45, 7) is 0. The van der Waals surface area contributed by atoms with Gasteiger partial charge in [0.1, 0.15) is 0 Å². The maximum atomic E-state index is 12.6. The molecule has 0 aliphatic rings. The van der Waals surface area contributed by atoms with Crippen molar-refractivity contribution in [3.63, 3.8) is 0 Å². The molecule has 5 N–H and O–H groups in total. The number of fused-ring (bicyclic) bond motifs is 1. The number of hydrogen-bond donors (Lipinski definition) is 4. The van der Waals surface area contributed by atoms with Crippen LogP contribution >= 0.6 is 0 Å². The summed E-state index contributed by atoms with van der Waals surface area (Å²) in [7, 11) is 0. The minimum absolute atomic E-state index is 0.162. The lowest BCUT2D eigenvalue weighted by Gasteiger charge is -2.09. The lowest BCUT2D eigenvalue weighted by Crippen LogP contribution is -2.19. The highest BCUT2D eigenvalue weighted by molar-refractivity contribution is 6.14. The predicted molar refractivity (Wildman–Crippen MR) is 112 cm³/mol. The first-order valence-corrected chi connectivity index (χ1v) is 8.78. The lowest BCUT2D eigenvalue weighted by atomic mass is 10.1. The van der Waals surface area contributed by atoms with E-state index < -0.39 is 0 Å². The summed E-state index contributed by atoms with van der Waals surface area (Å²) in [5.74, 6) is -0.178. The van der Waals surface area contributed by atoms with Gasteiger partial charge in [-0.3, -0.25) is 4.79 Å². The van der Waals surface area contributed by atoms with Crippen LogP contribution in [0.3, 0.4) is 0 Å². The minimum atomic E-state index is -0.359. The zero-order valence-electron chi connectivity index (χ0n) is 15.2. The first kappa shape index (κ1) is 18.1. The number of hydrogen-bond acceptors (Lipinski definition) is 5. The second kappa shape index (κ2) is 7.73. The van der Waals surface area contributed by atoms with Crippen molar-refractivity contribution in [2.45, 2.75) is 0 Å². The zero-order valence-corrected chi connectivity index (χ0v) is 15.2. The molecular weight excluding hydrogens is 370 g/mol. The third-order valence-electron chi connectivity index (χ3n) is 4.20. The number of nitrogens with one attached hydrogen (secondary N) is 3. The molecule has 144 valence electrons. The van der Waals surface area contributed by atoms with Gasteiger partial charge >= 0.3 is 6.03 Å². The van der Waals surface area contributed by atoms with Crippen LogP contribution in [0.2, 0.25) is 0 Å². The van der Waals surface area contributed by atoms with E-state index in [2.05, 4.69) is 21.1 Å². The number of para-hydroxylation sites is 1. The molecule has 1 heterocycles. The SMILES string of the molecule is Nc1noc2cccc(C(=O)Nc3ccc(NC(=O)Nc4ccccc4)cc3)c12. The average molecular weight is 387 g/mol. The number of nitrogens with two attached hydrogens (primary N) is 1. The predicted octanol–water partition coefficient (Wildman–Crippen LogP) is 4.31. The van der Waals surface area contributed by atoms with Crippen LogP contribution in [0.5, 0.6) is 0 Å². The average Bonchev–Trinajstić information content (AvgIpc) is 3.11. The fraction of sp³-hybridized carbons (Fsp3) is 0. The molecule has 8 heteroatoms. The van der Waals surface area contributed by atoms with Crippen LogP contribution in [-0.4, -0.2) is 17.1 Å². The van der Waals surface area contributed by atoms with E-state index in [1.54, 1.807) is 54.6 Å². The van der Waals surface area contributed by atoms with Gasteiger partial charge in [-0.2, -0.15) is 0 Å². The second-order valence-corrected chi connectivity index (χ2v) is 6.22. The normalized spacial score (nSPS) is 10.5. The van der Waals surface area contributed by atoms with E-state index in [0.717, 1.165) is 0 Å². The van der Waals surface area contributed by atoms with Gasteiger partial charge < -0.3 is 26.2 Å². The molecule has 0 aliphatic carbocycles. The van der Waals surface area contributed by atoms with Crippen molar-refractivity contribution >= 4 is 45.8 Å². The van der Waals surface area contributed by atoms with E-state index in [0.29, 0.717) is 33.6 Å². The van der Waals surface area contributed by atoms with Crippen LogP contribution in [0.1, 0.15) is 10.4 Å². The monoisotopic (exact) mass is 387 g/mol. The second-order valence-electron chi connectivity index (χ2n) is 6.22. The van der Waals surface area contributed by atoms with E-state index in [9.17, 15) is 9.59 Å². The number of benzene rings is 3. The molecule has 0 fully saturated rings. The molecule has 4 rings (SSSR count). The van der Waals surface area contributed by atoms with Crippen molar-refractivity contribution in [2.24, 2.45) is 0 Å². The number of urea groups is 1. The van der Waals surface area contributed by atoms with Crippen LogP contribution in [0, 0.1) is 0 Å². The van der Waals surface area contributed by atoms with E-state index in [4.69, 9.17) is 10.3 Å². The highest BCUT2D eigenvalue weighted by Crippen LogP contribution is 2.25. The van der Waals surface area contributed by atoms with Gasteiger partial charge in [0.2, 0.25) is 0 Å². The van der Waals surface area contributed by atoms with Crippen molar-refractivity contribution in [3.8, 4) is 0 Å². The highest BCUT2D eigenvalue weighted by atomic mass is 16.5. The molecule has 0 radical (unpaired) electrons. The molecule has 3 amide bonds. The molecule has 0 unspecified atom stereocenters. The van der Waals surface area contributed by atoms with Crippen molar-refractivity contribution < 1.29 is 14.1 Å². The maximum absolute atomic E-state index is 12.6. The van der Waals surface area contributed by atoms with Gasteiger partial charge in [0.15, 0.2) is 11.4 Å². The number of carbonyl (C=O) groups excluding carboxylic acids is 2. The first-order chi connectivity index (χ1) is 14.1. The summed E-state index contributed by atoms with van der Waals surface area (Å²) in [4.78, 5) is 24.7. The largest absolute Gasteiger partial charge is 0.380 e. The standard InChI is InChI=1S/C21H17N5O3/c22-19-18-16(7-4-8-17(18)29-26-19)20(27)23-14-9-11-15(12-10-14)25-21(28)24-13-5-2-1-3-6-13/h1-12H,(H2,22,26)(H,23,27)(H2,24,25,28). The van der Waals surface area contributed by atoms with Crippen LogP contribution in [-0.2, 0) is 0 Å². The zero-order chi connectivity index (χ0) is 20.2. The van der Waals surface area contributed by atoms with E-state index in [-0.39, 0.29) is 17.8 Å². The summed E-state index contributed by atoms with van der Waals surface area (Å²) in [6, 6.07) is 20.6. The molecule has 0 saturated heterocycles. The number of nitrogens with zero attached hydrogens (tertiary/aromatic N) is 1. The van der Waals surface area contributed by atoms with Crippen molar-refractivity contribution in [3.05, 3.63) is 78.4 Å². The van der Waals surface area contributed by atoms with Crippen LogP contribution in [0.15, 0.2) is 77.3 Å². The van der Waals surface area contributed by atoms with Crippen LogP contribution in [0.25, 0.3) is 11.0 Å². The molecule has 0 aliphatic heterocycles. The molecule has 0 bridgehead atoms. The van der Waals surface area contributed by atoms with Gasteiger partial charge in [-0.15, -0.1) is 0 Å². The molecule has 8 nitrogen and oxygen atoms in total. The molecule has 0 saturated carbocycles. The van der Waals surface area contributed by atoms with Crippen molar-refractivity contribution in [1.82, 2.24) is 5.16 Å². The number of aromatic nitrogens is 1. The Hall–Kier alpha value is -4.33. The number of nitrogen functional groups attached to an aromatic ring is 1. The van der Waals surface area contributed by atoms with E-state index in [1.165, 1.54) is 0 Å². The Morgan fingerprint density at radius 2 is 1.38 bits per heavy atom. The number of carbonyl (C=O) groups is 2. The first-order valence-electron chi connectivity index (χ1n) is 8.78. The number of amides is 3. The van der Waals surface area contributed by atoms with Gasteiger partial charge in [-0.05, 0) is 48.5 Å². The van der Waals surface area contributed by atoms with Gasteiger partial charge in [-0.25, -0.2) is 4.79 Å². The summed E-state index contributed by atoms with van der Waals surface area (Å²) >= 11 is 0. The van der Waals surface area contributed by atoms with Gasteiger partial charge in [0.05, 0.1) is 10.9 Å². The summed E-state index contributed by atoms with van der Waals surface area (Å²) in [5.41, 5.74) is 8.45. The molecular formula is C21H17N5O3. The van der Waals surface area contributed by atoms with Crippen molar-refractivity contribution in [1.29, 1.82) is 0 Å². The minimum Gasteiger partial charge on any atom is -0.380 e. The topological polar surface area (TPSA) is 122 Å². The van der Waals surface area contributed by atoms with E-state index in [1.807, 2.05) is 18.2 Å². The van der Waals surface area contributed by atoms with E-state index >= 15 is 0 Å². The molecule has 29 heavy (non-hydrogen) atoms. The molecule has 0 atom stereocenters. The van der Waals surface area contributed by atoms with Crippen molar-refractivity contribution in [2.75, 3.05) is 21.7 Å². The van der Waals surface area contributed by atoms with Crippen LogP contribution < -0.4 is 21.7 Å². The van der Waals surface area contributed by atoms with Gasteiger partial charge in [0.25, 0.3) is 5.91 Å². The Morgan fingerprint density at radius 3 is 2.07 bits per heavy atom. The Labute approximate surface area is 165 Å². The molecule has 0 spiro atoms. The Bertz CT molecular complexity index is 1170. The third kappa shape index (κ3) is 4.01. The number of rotatable bonds is 4.